The van der Waals surface area contributed by atoms with Crippen LogP contribution in [-0.2, 0) is 4.79 Å². The molecule has 1 aliphatic heterocycles. The summed E-state index contributed by atoms with van der Waals surface area (Å²) in [6.07, 6.45) is 0. The Morgan fingerprint density at radius 3 is 2.44 bits per heavy atom. The van der Waals surface area contributed by atoms with Crippen LogP contribution in [0.15, 0.2) is 12.1 Å². The molecule has 136 valence electrons. The Hall–Kier alpha value is -2.13. The van der Waals surface area contributed by atoms with Crippen LogP contribution in [0.5, 0.6) is 0 Å². The molecular weight excluding hydrogens is 314 g/mol. The molecule has 1 aliphatic rings. The monoisotopic (exact) mass is 343 g/mol. The number of anilines is 1. The van der Waals surface area contributed by atoms with Crippen LogP contribution in [0, 0.1) is 11.3 Å². The van der Waals surface area contributed by atoms with Crippen molar-refractivity contribution in [3.05, 3.63) is 23.4 Å². The van der Waals surface area contributed by atoms with Gasteiger partial charge in [0.15, 0.2) is 0 Å². The number of amides is 1. The lowest BCUT2D eigenvalue weighted by Gasteiger charge is -2.36. The second-order valence-corrected chi connectivity index (χ2v) is 7.94. The zero-order valence-electron chi connectivity index (χ0n) is 16.0. The minimum absolute atomic E-state index is 0.0543. The summed E-state index contributed by atoms with van der Waals surface area (Å²) < 4.78 is 0. The summed E-state index contributed by atoms with van der Waals surface area (Å²) in [4.78, 5) is 21.1. The van der Waals surface area contributed by atoms with Crippen LogP contribution in [0.2, 0.25) is 0 Å². The van der Waals surface area contributed by atoms with Gasteiger partial charge < -0.3 is 10.2 Å². The topological polar surface area (TPSA) is 72.3 Å². The standard InChI is InChI=1S/C19H29N5O/c1-14(2)16-7-6-15(12-20)18(21-16)24-10-8-23(9-11-24)13-17(25)22-19(3,4)5/h6-7,14H,8-11,13H2,1-5H3,(H,22,25). The molecule has 6 heteroatoms. The molecule has 6 nitrogen and oxygen atoms in total. The molecule has 0 aromatic carbocycles. The average molecular weight is 343 g/mol. The van der Waals surface area contributed by atoms with E-state index in [-0.39, 0.29) is 11.4 Å². The van der Waals surface area contributed by atoms with Gasteiger partial charge in [0.1, 0.15) is 11.9 Å². The molecule has 0 spiro atoms. The number of hydrogen-bond acceptors (Lipinski definition) is 5. The molecule has 25 heavy (non-hydrogen) atoms. The minimum atomic E-state index is -0.207. The third-order valence-electron chi connectivity index (χ3n) is 4.16. The van der Waals surface area contributed by atoms with Gasteiger partial charge in [0.05, 0.1) is 12.1 Å². The van der Waals surface area contributed by atoms with Crippen LogP contribution >= 0.6 is 0 Å². The van der Waals surface area contributed by atoms with Gasteiger partial charge in [-0.25, -0.2) is 4.98 Å². The lowest BCUT2D eigenvalue weighted by Crippen LogP contribution is -2.52. The van der Waals surface area contributed by atoms with Crippen molar-refractivity contribution in [1.29, 1.82) is 5.26 Å². The summed E-state index contributed by atoms with van der Waals surface area (Å²) in [5, 5.41) is 12.4. The molecule has 1 aromatic rings. The van der Waals surface area contributed by atoms with E-state index in [1.807, 2.05) is 32.9 Å². The van der Waals surface area contributed by atoms with Gasteiger partial charge in [0.2, 0.25) is 5.91 Å². The Morgan fingerprint density at radius 2 is 1.92 bits per heavy atom. The van der Waals surface area contributed by atoms with Crippen molar-refractivity contribution in [2.45, 2.75) is 46.1 Å². The smallest absolute Gasteiger partial charge is 0.234 e. The number of pyridine rings is 1. The predicted molar refractivity (Wildman–Crippen MR) is 99.6 cm³/mol. The molecule has 1 aromatic heterocycles. The van der Waals surface area contributed by atoms with Crippen LogP contribution in [0.3, 0.4) is 0 Å². The number of carbonyl (C=O) groups is 1. The van der Waals surface area contributed by atoms with E-state index >= 15 is 0 Å². The molecule has 0 radical (unpaired) electrons. The van der Waals surface area contributed by atoms with Gasteiger partial charge in [0, 0.05) is 37.4 Å². The largest absolute Gasteiger partial charge is 0.353 e. The maximum Gasteiger partial charge on any atom is 0.234 e. The van der Waals surface area contributed by atoms with Crippen LogP contribution in [0.25, 0.3) is 0 Å². The van der Waals surface area contributed by atoms with Gasteiger partial charge in [-0.2, -0.15) is 5.26 Å². The van der Waals surface area contributed by atoms with E-state index in [9.17, 15) is 10.1 Å². The third-order valence-corrected chi connectivity index (χ3v) is 4.16. The molecule has 0 atom stereocenters. The first kappa shape index (κ1) is 19.2. The van der Waals surface area contributed by atoms with E-state index in [0.29, 0.717) is 18.0 Å². The van der Waals surface area contributed by atoms with Crippen molar-refractivity contribution in [2.24, 2.45) is 0 Å². The fraction of sp³-hybridized carbons (Fsp3) is 0.632. The fourth-order valence-electron chi connectivity index (χ4n) is 2.89. The van der Waals surface area contributed by atoms with Crippen molar-refractivity contribution < 1.29 is 4.79 Å². The van der Waals surface area contributed by atoms with Crippen molar-refractivity contribution in [3.8, 4) is 6.07 Å². The predicted octanol–water partition coefficient (Wildman–Crippen LogP) is 2.11. The Balaban J connectivity index is 1.99. The van der Waals surface area contributed by atoms with E-state index in [1.165, 1.54) is 0 Å². The van der Waals surface area contributed by atoms with Gasteiger partial charge in [0.25, 0.3) is 0 Å². The Kier molecular flexibility index (Phi) is 6.02. The Labute approximate surface area is 150 Å². The highest BCUT2D eigenvalue weighted by Gasteiger charge is 2.23. The zero-order chi connectivity index (χ0) is 18.6. The van der Waals surface area contributed by atoms with Gasteiger partial charge in [-0.15, -0.1) is 0 Å². The lowest BCUT2D eigenvalue weighted by atomic mass is 10.1. The zero-order valence-corrected chi connectivity index (χ0v) is 16.0. The molecule has 2 heterocycles. The first-order chi connectivity index (χ1) is 11.7. The van der Waals surface area contributed by atoms with E-state index in [2.05, 4.69) is 35.0 Å². The van der Waals surface area contributed by atoms with Gasteiger partial charge in [-0.1, -0.05) is 13.8 Å². The highest BCUT2D eigenvalue weighted by molar-refractivity contribution is 5.78. The van der Waals surface area contributed by atoms with Gasteiger partial charge >= 0.3 is 0 Å². The summed E-state index contributed by atoms with van der Waals surface area (Å²) in [7, 11) is 0. The molecule has 1 saturated heterocycles. The van der Waals surface area contributed by atoms with Gasteiger partial charge in [-0.05, 0) is 38.8 Å². The van der Waals surface area contributed by atoms with Crippen molar-refractivity contribution in [1.82, 2.24) is 15.2 Å². The number of aromatic nitrogens is 1. The first-order valence-corrected chi connectivity index (χ1v) is 8.89. The molecule has 0 unspecified atom stereocenters. The second kappa shape index (κ2) is 7.83. The van der Waals surface area contributed by atoms with Crippen LogP contribution in [-0.4, -0.2) is 54.1 Å². The van der Waals surface area contributed by atoms with E-state index in [0.717, 1.165) is 37.7 Å². The fourth-order valence-corrected chi connectivity index (χ4v) is 2.89. The van der Waals surface area contributed by atoms with Crippen LogP contribution in [0.1, 0.15) is 51.8 Å². The number of hydrogen-bond donors (Lipinski definition) is 1. The highest BCUT2D eigenvalue weighted by atomic mass is 16.2. The molecule has 0 saturated carbocycles. The van der Waals surface area contributed by atoms with E-state index in [1.54, 1.807) is 0 Å². The number of piperazine rings is 1. The number of carbonyl (C=O) groups excluding carboxylic acids is 1. The first-order valence-electron chi connectivity index (χ1n) is 8.89. The Bertz CT molecular complexity index is 649. The molecule has 1 N–H and O–H groups in total. The summed E-state index contributed by atoms with van der Waals surface area (Å²) in [5.74, 6) is 1.15. The maximum atomic E-state index is 12.1. The van der Waals surface area contributed by atoms with Crippen molar-refractivity contribution >= 4 is 11.7 Å². The normalized spacial score (nSPS) is 16.0. The SMILES string of the molecule is CC(C)c1ccc(C#N)c(N2CCN(CC(=O)NC(C)(C)C)CC2)n1. The highest BCUT2D eigenvalue weighted by Crippen LogP contribution is 2.22. The van der Waals surface area contributed by atoms with Crippen molar-refractivity contribution in [3.63, 3.8) is 0 Å². The maximum absolute atomic E-state index is 12.1. The summed E-state index contributed by atoms with van der Waals surface area (Å²) >= 11 is 0. The molecule has 0 bridgehead atoms. The molecule has 1 fully saturated rings. The third kappa shape index (κ3) is 5.43. The number of rotatable bonds is 4. The van der Waals surface area contributed by atoms with Gasteiger partial charge in [-0.3, -0.25) is 9.69 Å². The Morgan fingerprint density at radius 1 is 1.28 bits per heavy atom. The average Bonchev–Trinajstić information content (AvgIpc) is 2.53. The molecule has 1 amide bonds. The molecule has 0 aliphatic carbocycles. The number of nitriles is 1. The second-order valence-electron chi connectivity index (χ2n) is 7.94. The number of nitrogens with zero attached hydrogens (tertiary/aromatic N) is 4. The summed E-state index contributed by atoms with van der Waals surface area (Å²) in [5.41, 5.74) is 1.41. The van der Waals surface area contributed by atoms with Crippen LogP contribution in [0.4, 0.5) is 5.82 Å². The molecule has 2 rings (SSSR count). The summed E-state index contributed by atoms with van der Waals surface area (Å²) in [6, 6.07) is 6.04. The van der Waals surface area contributed by atoms with E-state index in [4.69, 9.17) is 4.98 Å². The van der Waals surface area contributed by atoms with E-state index < -0.39 is 0 Å². The van der Waals surface area contributed by atoms with Crippen LogP contribution < -0.4 is 10.2 Å². The summed E-state index contributed by atoms with van der Waals surface area (Å²) in [6.45, 7) is 13.7. The lowest BCUT2D eigenvalue weighted by molar-refractivity contribution is -0.123. The minimum Gasteiger partial charge on any atom is -0.353 e. The quantitative estimate of drug-likeness (QED) is 0.906. The molecular formula is C19H29N5O. The number of nitrogens with one attached hydrogen (secondary N) is 1. The van der Waals surface area contributed by atoms with Crippen molar-refractivity contribution in [2.75, 3.05) is 37.6 Å².